The third kappa shape index (κ3) is 8.88. The third-order valence-corrected chi connectivity index (χ3v) is 5.03. The Morgan fingerprint density at radius 1 is 1.23 bits per heavy atom. The molecule has 1 saturated heterocycles. The summed E-state index contributed by atoms with van der Waals surface area (Å²) in [7, 11) is 0. The molecule has 1 heterocycles. The molecule has 6 nitrogen and oxygen atoms in total. The highest BCUT2D eigenvalue weighted by Gasteiger charge is 2.27. The van der Waals surface area contributed by atoms with Crippen molar-refractivity contribution in [2.24, 2.45) is 4.99 Å². The Morgan fingerprint density at radius 3 is 2.73 bits per heavy atom. The fourth-order valence-electron chi connectivity index (χ4n) is 3.43. The number of nitrogens with one attached hydrogen (secondary N) is 2. The Hall–Kier alpha value is -0.570. The summed E-state index contributed by atoms with van der Waals surface area (Å²) >= 11 is 0. The molecule has 2 rings (SSSR count). The molecule has 7 heteroatoms. The first-order valence-electron chi connectivity index (χ1n) is 10.3. The van der Waals surface area contributed by atoms with E-state index in [-0.39, 0.29) is 24.0 Å². The van der Waals surface area contributed by atoms with Crippen molar-refractivity contribution in [2.75, 3.05) is 45.8 Å². The number of hydrogen-bond donors (Lipinski definition) is 2. The summed E-state index contributed by atoms with van der Waals surface area (Å²) in [5, 5.41) is 6.76. The highest BCUT2D eigenvalue weighted by atomic mass is 127. The van der Waals surface area contributed by atoms with Gasteiger partial charge in [0, 0.05) is 51.7 Å². The minimum atomic E-state index is 0. The van der Waals surface area contributed by atoms with Gasteiger partial charge in [0.05, 0.1) is 0 Å². The first-order chi connectivity index (χ1) is 12.2. The predicted octanol–water partition coefficient (Wildman–Crippen LogP) is 2.44. The largest absolute Gasteiger partial charge is 0.357 e. The Balaban J connectivity index is 0.00000338. The molecular weight excluding hydrogens is 441 g/mol. The highest BCUT2D eigenvalue weighted by Crippen LogP contribution is 2.25. The number of carbonyl (C=O) groups excluding carboxylic acids is 1. The summed E-state index contributed by atoms with van der Waals surface area (Å²) < 4.78 is 0. The molecule has 2 fully saturated rings. The molecule has 0 aromatic carbocycles. The summed E-state index contributed by atoms with van der Waals surface area (Å²) in [6.45, 7) is 10.9. The van der Waals surface area contributed by atoms with Gasteiger partial charge >= 0.3 is 0 Å². The van der Waals surface area contributed by atoms with Crippen molar-refractivity contribution in [3.05, 3.63) is 0 Å². The van der Waals surface area contributed by atoms with Crippen LogP contribution in [0.2, 0.25) is 0 Å². The highest BCUT2D eigenvalue weighted by molar-refractivity contribution is 14.0. The molecule has 2 aliphatic rings. The van der Waals surface area contributed by atoms with Crippen molar-refractivity contribution in [2.45, 2.75) is 64.8 Å². The molecule has 1 aliphatic carbocycles. The van der Waals surface area contributed by atoms with Crippen LogP contribution in [0.3, 0.4) is 0 Å². The summed E-state index contributed by atoms with van der Waals surface area (Å²) in [5.41, 5.74) is 0. The number of nitrogens with zero attached hydrogens (tertiary/aromatic N) is 3. The van der Waals surface area contributed by atoms with Gasteiger partial charge in [-0.15, -0.1) is 24.0 Å². The number of aliphatic imine (C=N–C) groups is 1. The maximum atomic E-state index is 12.0. The minimum Gasteiger partial charge on any atom is -0.357 e. The van der Waals surface area contributed by atoms with E-state index in [2.05, 4.69) is 34.4 Å². The lowest BCUT2D eigenvalue weighted by molar-refractivity contribution is -0.130. The van der Waals surface area contributed by atoms with E-state index in [4.69, 9.17) is 0 Å². The van der Waals surface area contributed by atoms with Gasteiger partial charge in [-0.25, -0.2) is 0 Å². The lowest BCUT2D eigenvalue weighted by Gasteiger charge is -2.21. The Kier molecular flexibility index (Phi) is 12.3. The second kappa shape index (κ2) is 13.6. The molecule has 1 aliphatic heterocycles. The third-order valence-electron chi connectivity index (χ3n) is 5.03. The van der Waals surface area contributed by atoms with E-state index in [1.165, 1.54) is 19.3 Å². The first kappa shape index (κ1) is 23.5. The lowest BCUT2D eigenvalue weighted by Crippen LogP contribution is -2.42. The molecule has 0 bridgehead atoms. The van der Waals surface area contributed by atoms with Crippen LogP contribution in [0.25, 0.3) is 0 Å². The summed E-state index contributed by atoms with van der Waals surface area (Å²) in [4.78, 5) is 21.2. The van der Waals surface area contributed by atoms with E-state index < -0.39 is 0 Å². The SMILES string of the molecule is CCNC(=NCCCN1CCCCCC1=O)NCCN(CC)C1CC1.I. The summed E-state index contributed by atoms with van der Waals surface area (Å²) in [5.74, 6) is 1.22. The number of guanidine groups is 1. The van der Waals surface area contributed by atoms with E-state index in [1.54, 1.807) is 0 Å². The molecule has 0 aromatic heterocycles. The van der Waals surface area contributed by atoms with Gasteiger partial charge < -0.3 is 15.5 Å². The molecule has 0 unspecified atom stereocenters. The summed E-state index contributed by atoms with van der Waals surface area (Å²) in [6, 6.07) is 0.817. The maximum Gasteiger partial charge on any atom is 0.222 e. The van der Waals surface area contributed by atoms with Gasteiger partial charge in [-0.2, -0.15) is 0 Å². The topological polar surface area (TPSA) is 60.0 Å². The van der Waals surface area contributed by atoms with Gasteiger partial charge in [0.2, 0.25) is 5.91 Å². The number of likely N-dealkylation sites (N-methyl/N-ethyl adjacent to an activating group) is 1. The van der Waals surface area contributed by atoms with Gasteiger partial charge in [0.1, 0.15) is 0 Å². The minimum absolute atomic E-state index is 0. The van der Waals surface area contributed by atoms with Crippen LogP contribution >= 0.6 is 24.0 Å². The summed E-state index contributed by atoms with van der Waals surface area (Å²) in [6.07, 6.45) is 7.76. The first-order valence-corrected chi connectivity index (χ1v) is 10.3. The number of carbonyl (C=O) groups is 1. The number of amides is 1. The van der Waals surface area contributed by atoms with Crippen molar-refractivity contribution in [3.63, 3.8) is 0 Å². The molecule has 1 saturated carbocycles. The van der Waals surface area contributed by atoms with Gasteiger partial charge in [0.15, 0.2) is 5.96 Å². The fraction of sp³-hybridized carbons (Fsp3) is 0.895. The van der Waals surface area contributed by atoms with Crippen molar-refractivity contribution in [1.29, 1.82) is 0 Å². The van der Waals surface area contributed by atoms with Crippen LogP contribution in [-0.4, -0.2) is 73.5 Å². The van der Waals surface area contributed by atoms with Gasteiger partial charge in [0.25, 0.3) is 0 Å². The molecule has 0 radical (unpaired) electrons. The molecule has 0 atom stereocenters. The second-order valence-electron chi connectivity index (χ2n) is 7.09. The molecule has 2 N–H and O–H groups in total. The van der Waals surface area contributed by atoms with E-state index >= 15 is 0 Å². The second-order valence-corrected chi connectivity index (χ2v) is 7.09. The van der Waals surface area contributed by atoms with E-state index in [0.29, 0.717) is 5.91 Å². The molecule has 0 spiro atoms. The number of rotatable bonds is 10. The van der Waals surface area contributed by atoms with Crippen LogP contribution in [0.4, 0.5) is 0 Å². The van der Waals surface area contributed by atoms with Crippen molar-refractivity contribution in [1.82, 2.24) is 20.4 Å². The van der Waals surface area contributed by atoms with Crippen molar-refractivity contribution in [3.8, 4) is 0 Å². The smallest absolute Gasteiger partial charge is 0.222 e. The van der Waals surface area contributed by atoms with E-state index in [9.17, 15) is 4.79 Å². The Bertz CT molecular complexity index is 428. The number of halogens is 1. The Labute approximate surface area is 176 Å². The van der Waals surface area contributed by atoms with Crippen LogP contribution in [0.15, 0.2) is 4.99 Å². The van der Waals surface area contributed by atoms with Crippen LogP contribution in [0, 0.1) is 0 Å². The van der Waals surface area contributed by atoms with E-state index in [0.717, 1.165) is 83.5 Å². The normalized spacial score (nSPS) is 18.5. The lowest BCUT2D eigenvalue weighted by atomic mass is 10.2. The maximum absolute atomic E-state index is 12.0. The molecular formula is C19H38IN5O. The zero-order valence-electron chi connectivity index (χ0n) is 16.6. The zero-order valence-corrected chi connectivity index (χ0v) is 19.0. The molecule has 0 aromatic rings. The zero-order chi connectivity index (χ0) is 17.9. The predicted molar refractivity (Wildman–Crippen MR) is 119 cm³/mol. The molecule has 152 valence electrons. The monoisotopic (exact) mass is 479 g/mol. The van der Waals surface area contributed by atoms with Crippen LogP contribution in [-0.2, 0) is 4.79 Å². The average molecular weight is 479 g/mol. The average Bonchev–Trinajstić information content (AvgIpc) is 3.45. The van der Waals surface area contributed by atoms with Gasteiger partial charge in [-0.05, 0) is 45.6 Å². The molecule has 26 heavy (non-hydrogen) atoms. The molecule has 1 amide bonds. The standard InChI is InChI=1S/C19H37N5O.HI/c1-3-20-19(22-13-16-23(4-2)17-10-11-17)21-12-8-15-24-14-7-5-6-9-18(24)25;/h17H,3-16H2,1-2H3,(H2,20,21,22);1H. The van der Waals surface area contributed by atoms with Crippen LogP contribution in [0.1, 0.15) is 58.8 Å². The quantitative estimate of drug-likeness (QED) is 0.219. The van der Waals surface area contributed by atoms with Crippen molar-refractivity contribution < 1.29 is 4.79 Å². The Morgan fingerprint density at radius 2 is 2.04 bits per heavy atom. The van der Waals surface area contributed by atoms with Crippen LogP contribution in [0.5, 0.6) is 0 Å². The number of hydrogen-bond acceptors (Lipinski definition) is 3. The van der Waals surface area contributed by atoms with Gasteiger partial charge in [-0.3, -0.25) is 14.7 Å². The van der Waals surface area contributed by atoms with Crippen molar-refractivity contribution >= 4 is 35.8 Å². The van der Waals surface area contributed by atoms with E-state index in [1.807, 2.05) is 4.90 Å². The van der Waals surface area contributed by atoms with Gasteiger partial charge in [-0.1, -0.05) is 13.3 Å². The van der Waals surface area contributed by atoms with Crippen LogP contribution < -0.4 is 10.6 Å². The number of likely N-dealkylation sites (tertiary alicyclic amines) is 1. The fourth-order valence-corrected chi connectivity index (χ4v) is 3.43.